The monoisotopic (exact) mass is 375 g/mol. The fourth-order valence-electron chi connectivity index (χ4n) is 3.05. The lowest BCUT2D eigenvalue weighted by Gasteiger charge is -2.26. The van der Waals surface area contributed by atoms with Crippen LogP contribution in [0.4, 0.5) is 4.79 Å². The molecule has 1 aliphatic rings. The van der Waals surface area contributed by atoms with Crippen LogP contribution in [0.15, 0.2) is 30.3 Å². The average molecular weight is 375 g/mol. The molecule has 1 heterocycles. The number of carbonyl (C=O) groups is 3. The number of imide groups is 1. The van der Waals surface area contributed by atoms with Gasteiger partial charge in [-0.3, -0.25) is 9.59 Å². The summed E-state index contributed by atoms with van der Waals surface area (Å²) in [6.07, 6.45) is -0.145. The molecule has 0 saturated carbocycles. The van der Waals surface area contributed by atoms with E-state index in [1.807, 2.05) is 58.0 Å². The molecule has 2 amide bonds. The molecule has 1 aromatic rings. The number of esters is 1. The number of nitrogens with zero attached hydrogens (tertiary/aromatic N) is 1. The average Bonchev–Trinajstić information content (AvgIpc) is 2.98. The quantitative estimate of drug-likeness (QED) is 0.651. The molecule has 0 bridgehead atoms. The molecular weight excluding hydrogens is 346 g/mol. The molecule has 0 unspecified atom stereocenters. The van der Waals surface area contributed by atoms with Crippen molar-refractivity contribution < 1.29 is 23.9 Å². The smallest absolute Gasteiger partial charge is 0.416 e. The summed E-state index contributed by atoms with van der Waals surface area (Å²) in [6, 6.07) is 9.30. The van der Waals surface area contributed by atoms with Crippen LogP contribution in [-0.2, 0) is 25.5 Å². The second-order valence-electron chi connectivity index (χ2n) is 7.76. The van der Waals surface area contributed by atoms with Crippen LogP contribution in [-0.4, -0.2) is 42.1 Å². The minimum atomic E-state index is -0.637. The second kappa shape index (κ2) is 9.53. The Labute approximate surface area is 160 Å². The predicted octanol–water partition coefficient (Wildman–Crippen LogP) is 3.44. The van der Waals surface area contributed by atoms with Crippen molar-refractivity contribution in [2.75, 3.05) is 13.2 Å². The zero-order valence-corrected chi connectivity index (χ0v) is 16.5. The summed E-state index contributed by atoms with van der Waals surface area (Å²) in [7, 11) is 0. The maximum atomic E-state index is 13.1. The molecule has 2 rings (SSSR count). The number of cyclic esters (lactones) is 1. The minimum Gasteiger partial charge on any atom is -0.465 e. The first-order chi connectivity index (χ1) is 12.8. The van der Waals surface area contributed by atoms with Crippen molar-refractivity contribution in [1.29, 1.82) is 0 Å². The van der Waals surface area contributed by atoms with E-state index >= 15 is 0 Å². The lowest BCUT2D eigenvalue weighted by Crippen LogP contribution is -2.45. The number of amides is 2. The largest absolute Gasteiger partial charge is 0.465 e. The molecule has 6 heteroatoms. The summed E-state index contributed by atoms with van der Waals surface area (Å²) >= 11 is 0. The molecular formula is C21H29NO5. The summed E-state index contributed by atoms with van der Waals surface area (Å²) < 4.78 is 10.4. The third kappa shape index (κ3) is 5.81. The molecule has 0 radical (unpaired) electrons. The summed E-state index contributed by atoms with van der Waals surface area (Å²) in [5.74, 6) is -1.27. The molecule has 0 aliphatic carbocycles. The van der Waals surface area contributed by atoms with Gasteiger partial charge >= 0.3 is 12.1 Å². The molecule has 1 saturated heterocycles. The van der Waals surface area contributed by atoms with Gasteiger partial charge in [0.15, 0.2) is 0 Å². The number of hydrogen-bond acceptors (Lipinski definition) is 5. The highest BCUT2D eigenvalue weighted by Gasteiger charge is 2.42. The first kappa shape index (κ1) is 20.9. The molecule has 6 nitrogen and oxygen atoms in total. The summed E-state index contributed by atoms with van der Waals surface area (Å²) in [5, 5.41) is 0. The van der Waals surface area contributed by atoms with Gasteiger partial charge in [0.1, 0.15) is 6.61 Å². The second-order valence-corrected chi connectivity index (χ2v) is 7.76. The van der Waals surface area contributed by atoms with E-state index in [4.69, 9.17) is 9.47 Å². The van der Waals surface area contributed by atoms with Crippen LogP contribution in [0.1, 0.15) is 39.7 Å². The van der Waals surface area contributed by atoms with Crippen LogP contribution in [0.2, 0.25) is 0 Å². The van der Waals surface area contributed by atoms with Gasteiger partial charge in [-0.25, -0.2) is 9.69 Å². The first-order valence-electron chi connectivity index (χ1n) is 9.49. The van der Waals surface area contributed by atoms with Crippen molar-refractivity contribution in [3.05, 3.63) is 35.9 Å². The predicted molar refractivity (Wildman–Crippen MR) is 101 cm³/mol. The van der Waals surface area contributed by atoms with Crippen LogP contribution < -0.4 is 0 Å². The minimum absolute atomic E-state index is 0.0366. The lowest BCUT2D eigenvalue weighted by atomic mass is 9.90. The number of rotatable bonds is 8. The molecule has 148 valence electrons. The van der Waals surface area contributed by atoms with Gasteiger partial charge in [0.25, 0.3) is 0 Å². The molecule has 0 spiro atoms. The van der Waals surface area contributed by atoms with Crippen LogP contribution in [0.5, 0.6) is 0 Å². The summed E-state index contributed by atoms with van der Waals surface area (Å²) in [5.41, 5.74) is 1.02. The Hall–Kier alpha value is -2.37. The van der Waals surface area contributed by atoms with Crippen molar-refractivity contribution in [3.8, 4) is 0 Å². The summed E-state index contributed by atoms with van der Waals surface area (Å²) in [6.45, 7) is 8.12. The molecule has 1 fully saturated rings. The lowest BCUT2D eigenvalue weighted by molar-refractivity contribution is -0.150. The van der Waals surface area contributed by atoms with E-state index in [0.717, 1.165) is 5.56 Å². The van der Waals surface area contributed by atoms with E-state index in [2.05, 4.69) is 0 Å². The fraction of sp³-hybridized carbons (Fsp3) is 0.571. The summed E-state index contributed by atoms with van der Waals surface area (Å²) in [4.78, 5) is 38.6. The van der Waals surface area contributed by atoms with Gasteiger partial charge in [-0.1, -0.05) is 58.0 Å². The van der Waals surface area contributed by atoms with Crippen molar-refractivity contribution >= 4 is 18.0 Å². The van der Waals surface area contributed by atoms with Crippen LogP contribution in [0.25, 0.3) is 0 Å². The molecule has 2 atom stereocenters. The third-order valence-corrected chi connectivity index (χ3v) is 4.60. The maximum absolute atomic E-state index is 13.1. The van der Waals surface area contributed by atoms with E-state index in [0.29, 0.717) is 13.0 Å². The Morgan fingerprint density at radius 2 is 1.85 bits per heavy atom. The van der Waals surface area contributed by atoms with E-state index in [1.165, 1.54) is 4.90 Å². The molecule has 0 N–H and O–H groups in total. The van der Waals surface area contributed by atoms with Crippen LogP contribution >= 0.6 is 0 Å². The van der Waals surface area contributed by atoms with E-state index in [1.54, 1.807) is 0 Å². The topological polar surface area (TPSA) is 72.9 Å². The molecule has 1 aromatic carbocycles. The van der Waals surface area contributed by atoms with Gasteiger partial charge in [0.05, 0.1) is 25.0 Å². The molecule has 1 aliphatic heterocycles. The van der Waals surface area contributed by atoms with Gasteiger partial charge in [0.2, 0.25) is 5.91 Å². The van der Waals surface area contributed by atoms with E-state index < -0.39 is 18.0 Å². The van der Waals surface area contributed by atoms with Gasteiger partial charge in [0, 0.05) is 0 Å². The van der Waals surface area contributed by atoms with Gasteiger partial charge < -0.3 is 9.47 Å². The van der Waals surface area contributed by atoms with Gasteiger partial charge in [-0.15, -0.1) is 0 Å². The molecule has 0 aromatic heterocycles. The third-order valence-electron chi connectivity index (χ3n) is 4.60. The Balaban J connectivity index is 2.09. The Morgan fingerprint density at radius 3 is 2.44 bits per heavy atom. The van der Waals surface area contributed by atoms with E-state index in [-0.39, 0.29) is 36.8 Å². The molecule has 27 heavy (non-hydrogen) atoms. The Bertz CT molecular complexity index is 656. The van der Waals surface area contributed by atoms with Crippen molar-refractivity contribution in [3.63, 3.8) is 0 Å². The van der Waals surface area contributed by atoms with Crippen molar-refractivity contribution in [1.82, 2.24) is 4.90 Å². The number of ether oxygens (including phenoxy) is 2. The zero-order valence-electron chi connectivity index (χ0n) is 16.5. The maximum Gasteiger partial charge on any atom is 0.416 e. The highest BCUT2D eigenvalue weighted by molar-refractivity contribution is 5.96. The van der Waals surface area contributed by atoms with Gasteiger partial charge in [-0.05, 0) is 23.8 Å². The fourth-order valence-corrected chi connectivity index (χ4v) is 3.05. The highest BCUT2D eigenvalue weighted by Crippen LogP contribution is 2.25. The Morgan fingerprint density at radius 1 is 1.19 bits per heavy atom. The first-order valence-corrected chi connectivity index (χ1v) is 9.49. The van der Waals surface area contributed by atoms with Gasteiger partial charge in [-0.2, -0.15) is 0 Å². The van der Waals surface area contributed by atoms with Crippen LogP contribution in [0.3, 0.4) is 0 Å². The highest BCUT2D eigenvalue weighted by atomic mass is 16.6. The normalized spacial score (nSPS) is 17.9. The number of carbonyl (C=O) groups excluding carboxylic acids is 3. The standard InChI is InChI=1S/C21H29NO5/c1-14(2)12-26-19(23)11-18(15(3)4)20(24)22-17(13-27-21(22)25)10-16-8-6-5-7-9-16/h5-9,14-15,17-18H,10-13H2,1-4H3/t17-,18-/m1/s1. The van der Waals surface area contributed by atoms with Crippen molar-refractivity contribution in [2.45, 2.75) is 46.6 Å². The SMILES string of the molecule is CC(C)COC(=O)C[C@@H](C(=O)N1C(=O)OC[C@H]1Cc1ccccc1)C(C)C. The van der Waals surface area contributed by atoms with E-state index in [9.17, 15) is 14.4 Å². The van der Waals surface area contributed by atoms with Crippen molar-refractivity contribution in [2.24, 2.45) is 17.8 Å². The zero-order chi connectivity index (χ0) is 20.0. The Kier molecular flexibility index (Phi) is 7.39. The van der Waals surface area contributed by atoms with Crippen LogP contribution in [0, 0.1) is 17.8 Å². The number of benzene rings is 1. The number of hydrogen-bond donors (Lipinski definition) is 0.